The second kappa shape index (κ2) is 6.76. The van der Waals surface area contributed by atoms with Gasteiger partial charge in [0.15, 0.2) is 0 Å². The van der Waals surface area contributed by atoms with Gasteiger partial charge in [-0.1, -0.05) is 0 Å². The van der Waals surface area contributed by atoms with Gasteiger partial charge in [0.1, 0.15) is 5.75 Å². The van der Waals surface area contributed by atoms with E-state index in [9.17, 15) is 14.7 Å². The van der Waals surface area contributed by atoms with E-state index in [1.807, 2.05) is 18.0 Å². The van der Waals surface area contributed by atoms with E-state index in [0.29, 0.717) is 30.1 Å². The molecule has 1 aromatic carbocycles. The van der Waals surface area contributed by atoms with Crippen molar-refractivity contribution in [2.45, 2.75) is 13.3 Å². The molecular weight excluding hydrogens is 322 g/mol. The Morgan fingerprint density at radius 1 is 1.20 bits per heavy atom. The number of aliphatic carboxylic acids is 1. The standard InChI is InChI=1S/C18H23N3O4/c1-12-14(11-17(22)23)15-10-13(25-3)4-5-16(15)21(12)18(24)20-8-6-19(2)7-9-20/h4-5,10H,6-9,11H2,1-3H3,(H,22,23). The van der Waals surface area contributed by atoms with Crippen LogP contribution in [0.3, 0.4) is 0 Å². The maximum absolute atomic E-state index is 13.1. The van der Waals surface area contributed by atoms with Crippen molar-refractivity contribution >= 4 is 22.9 Å². The number of rotatable bonds is 3. The summed E-state index contributed by atoms with van der Waals surface area (Å²) >= 11 is 0. The number of amides is 1. The molecule has 134 valence electrons. The number of carbonyl (C=O) groups is 2. The van der Waals surface area contributed by atoms with E-state index >= 15 is 0 Å². The van der Waals surface area contributed by atoms with Crippen LogP contribution in [0.2, 0.25) is 0 Å². The van der Waals surface area contributed by atoms with Gasteiger partial charge in [-0.05, 0) is 37.7 Å². The Bertz CT molecular complexity index is 819. The van der Waals surface area contributed by atoms with Crippen LogP contribution in [-0.4, -0.2) is 71.8 Å². The number of hydrogen-bond donors (Lipinski definition) is 1. The quantitative estimate of drug-likeness (QED) is 0.918. The molecule has 7 nitrogen and oxygen atoms in total. The predicted octanol–water partition coefficient (Wildman–Crippen LogP) is 1.80. The number of fused-ring (bicyclic) bond motifs is 1. The molecule has 0 radical (unpaired) electrons. The zero-order valence-corrected chi connectivity index (χ0v) is 14.8. The van der Waals surface area contributed by atoms with Crippen LogP contribution in [0.25, 0.3) is 10.9 Å². The Morgan fingerprint density at radius 3 is 2.48 bits per heavy atom. The molecule has 1 aromatic heterocycles. The molecule has 0 unspecified atom stereocenters. The average Bonchev–Trinajstić information content (AvgIpc) is 2.86. The van der Waals surface area contributed by atoms with Crippen molar-refractivity contribution in [3.8, 4) is 5.75 Å². The third-order valence-electron chi connectivity index (χ3n) is 4.83. The lowest BCUT2D eigenvalue weighted by molar-refractivity contribution is -0.136. The Kier molecular flexibility index (Phi) is 4.67. The Balaban J connectivity index is 2.09. The van der Waals surface area contributed by atoms with E-state index in [1.54, 1.807) is 30.7 Å². The zero-order chi connectivity index (χ0) is 18.1. The van der Waals surface area contributed by atoms with E-state index in [0.717, 1.165) is 24.0 Å². The molecule has 1 saturated heterocycles. The smallest absolute Gasteiger partial charge is 0.328 e. The highest BCUT2D eigenvalue weighted by Crippen LogP contribution is 2.30. The molecule has 0 saturated carbocycles. The molecule has 1 aliphatic heterocycles. The lowest BCUT2D eigenvalue weighted by Crippen LogP contribution is -2.48. The number of carboxylic acids is 1. The second-order valence-corrected chi connectivity index (χ2v) is 6.43. The average molecular weight is 345 g/mol. The Hall–Kier alpha value is -2.54. The molecule has 7 heteroatoms. The summed E-state index contributed by atoms with van der Waals surface area (Å²) in [6, 6.07) is 5.31. The van der Waals surface area contributed by atoms with Gasteiger partial charge in [0.05, 0.1) is 19.0 Å². The first kappa shape index (κ1) is 17.3. The number of nitrogens with zero attached hydrogens (tertiary/aromatic N) is 3. The maximum atomic E-state index is 13.1. The highest BCUT2D eigenvalue weighted by molar-refractivity contribution is 5.97. The van der Waals surface area contributed by atoms with Crippen LogP contribution < -0.4 is 4.74 Å². The number of hydrogen-bond acceptors (Lipinski definition) is 4. The molecule has 0 atom stereocenters. The topological polar surface area (TPSA) is 75.0 Å². The van der Waals surface area contributed by atoms with Crippen molar-refractivity contribution in [2.24, 2.45) is 0 Å². The summed E-state index contributed by atoms with van der Waals surface area (Å²) in [6.45, 7) is 4.80. The lowest BCUT2D eigenvalue weighted by atomic mass is 10.1. The van der Waals surface area contributed by atoms with Gasteiger partial charge in [0.2, 0.25) is 0 Å². The highest BCUT2D eigenvalue weighted by atomic mass is 16.5. The summed E-state index contributed by atoms with van der Waals surface area (Å²) in [5.74, 6) is -0.277. The summed E-state index contributed by atoms with van der Waals surface area (Å²) in [4.78, 5) is 28.4. The van der Waals surface area contributed by atoms with Crippen molar-refractivity contribution in [1.29, 1.82) is 0 Å². The number of benzene rings is 1. The number of carbonyl (C=O) groups excluding carboxylic acids is 1. The van der Waals surface area contributed by atoms with E-state index in [1.165, 1.54) is 0 Å². The van der Waals surface area contributed by atoms with Gasteiger partial charge in [-0.2, -0.15) is 0 Å². The summed E-state index contributed by atoms with van der Waals surface area (Å²) in [5, 5.41) is 10.0. The largest absolute Gasteiger partial charge is 0.497 e. The van der Waals surface area contributed by atoms with Crippen LogP contribution in [0.1, 0.15) is 11.3 Å². The lowest BCUT2D eigenvalue weighted by Gasteiger charge is -2.32. The normalized spacial score (nSPS) is 15.6. The third kappa shape index (κ3) is 3.19. The first-order valence-corrected chi connectivity index (χ1v) is 8.30. The Labute approximate surface area is 146 Å². The van der Waals surface area contributed by atoms with Crippen LogP contribution in [0.4, 0.5) is 4.79 Å². The molecule has 1 aliphatic rings. The zero-order valence-electron chi connectivity index (χ0n) is 14.8. The maximum Gasteiger partial charge on any atom is 0.328 e. The fourth-order valence-corrected chi connectivity index (χ4v) is 3.35. The second-order valence-electron chi connectivity index (χ2n) is 6.43. The highest BCUT2D eigenvalue weighted by Gasteiger charge is 2.26. The molecule has 2 aromatic rings. The molecule has 2 heterocycles. The van der Waals surface area contributed by atoms with Crippen LogP contribution in [0, 0.1) is 6.92 Å². The van der Waals surface area contributed by atoms with Crippen LogP contribution in [0.5, 0.6) is 5.75 Å². The summed E-state index contributed by atoms with van der Waals surface area (Å²) in [7, 11) is 3.60. The minimum atomic E-state index is -0.919. The van der Waals surface area contributed by atoms with Crippen molar-refractivity contribution in [3.63, 3.8) is 0 Å². The van der Waals surface area contributed by atoms with Crippen molar-refractivity contribution in [3.05, 3.63) is 29.5 Å². The van der Waals surface area contributed by atoms with Crippen molar-refractivity contribution in [1.82, 2.24) is 14.4 Å². The van der Waals surface area contributed by atoms with Gasteiger partial charge >= 0.3 is 12.0 Å². The minimum absolute atomic E-state index is 0.0996. The van der Waals surface area contributed by atoms with E-state index in [4.69, 9.17) is 4.74 Å². The van der Waals surface area contributed by atoms with E-state index < -0.39 is 5.97 Å². The minimum Gasteiger partial charge on any atom is -0.497 e. The Morgan fingerprint density at radius 2 is 1.88 bits per heavy atom. The number of methoxy groups -OCH3 is 1. The number of aromatic nitrogens is 1. The molecule has 0 bridgehead atoms. The molecule has 1 N–H and O–H groups in total. The van der Waals surface area contributed by atoms with Gasteiger partial charge in [-0.25, -0.2) is 4.79 Å². The first-order valence-electron chi connectivity index (χ1n) is 8.30. The molecular formula is C18H23N3O4. The fraction of sp³-hybridized carbons (Fsp3) is 0.444. The monoisotopic (exact) mass is 345 g/mol. The third-order valence-corrected chi connectivity index (χ3v) is 4.83. The van der Waals surface area contributed by atoms with Gasteiger partial charge in [0.25, 0.3) is 0 Å². The molecule has 0 spiro atoms. The van der Waals surface area contributed by atoms with Crippen LogP contribution >= 0.6 is 0 Å². The SMILES string of the molecule is COc1ccc2c(c1)c(CC(=O)O)c(C)n2C(=O)N1CCN(C)CC1. The first-order chi connectivity index (χ1) is 11.9. The summed E-state index contributed by atoms with van der Waals surface area (Å²) in [5.41, 5.74) is 2.05. The number of carboxylic acid groups (broad SMARTS) is 1. The molecule has 1 amide bonds. The van der Waals surface area contributed by atoms with E-state index in [-0.39, 0.29) is 12.5 Å². The van der Waals surface area contributed by atoms with Crippen LogP contribution in [-0.2, 0) is 11.2 Å². The summed E-state index contributed by atoms with van der Waals surface area (Å²) < 4.78 is 6.90. The number of likely N-dealkylation sites (N-methyl/N-ethyl adjacent to an activating group) is 1. The summed E-state index contributed by atoms with van der Waals surface area (Å²) in [6.07, 6.45) is -0.126. The number of ether oxygens (including phenoxy) is 1. The molecule has 0 aliphatic carbocycles. The fourth-order valence-electron chi connectivity index (χ4n) is 3.35. The molecule has 25 heavy (non-hydrogen) atoms. The van der Waals surface area contributed by atoms with Crippen molar-refractivity contribution in [2.75, 3.05) is 40.3 Å². The van der Waals surface area contributed by atoms with Gasteiger partial charge in [0, 0.05) is 37.3 Å². The van der Waals surface area contributed by atoms with Gasteiger partial charge < -0.3 is 19.6 Å². The predicted molar refractivity (Wildman–Crippen MR) is 94.4 cm³/mol. The molecule has 3 rings (SSSR count). The van der Waals surface area contributed by atoms with E-state index in [2.05, 4.69) is 4.90 Å². The number of piperazine rings is 1. The van der Waals surface area contributed by atoms with Gasteiger partial charge in [-0.3, -0.25) is 9.36 Å². The van der Waals surface area contributed by atoms with Crippen LogP contribution in [0.15, 0.2) is 18.2 Å². The van der Waals surface area contributed by atoms with Crippen molar-refractivity contribution < 1.29 is 19.4 Å². The van der Waals surface area contributed by atoms with Gasteiger partial charge in [-0.15, -0.1) is 0 Å². The molecule has 1 fully saturated rings.